The number of benzene rings is 1. The van der Waals surface area contributed by atoms with Crippen molar-refractivity contribution < 1.29 is 4.39 Å². The van der Waals surface area contributed by atoms with Crippen molar-refractivity contribution in [3.8, 4) is 21.8 Å². The van der Waals surface area contributed by atoms with Crippen LogP contribution in [0.25, 0.3) is 21.8 Å². The van der Waals surface area contributed by atoms with Gasteiger partial charge in [0.15, 0.2) is 0 Å². The molecule has 0 unspecified atom stereocenters. The van der Waals surface area contributed by atoms with E-state index in [0.717, 1.165) is 10.6 Å². The number of thiazole rings is 1. The Hall–Kier alpha value is -2.07. The largest absolute Gasteiger partial charge is 0.264 e. The second-order valence-electron chi connectivity index (χ2n) is 5.25. The maximum Gasteiger partial charge on any atom is 0.132 e. The van der Waals surface area contributed by atoms with Gasteiger partial charge in [-0.1, -0.05) is 12.1 Å². The van der Waals surface area contributed by atoms with Crippen LogP contribution < -0.4 is 0 Å². The first kappa shape index (κ1) is 12.7. The van der Waals surface area contributed by atoms with E-state index in [9.17, 15) is 4.39 Å². The summed E-state index contributed by atoms with van der Waals surface area (Å²) in [5, 5.41) is 2.83. The number of halogens is 1. The number of nitrogens with zero attached hydrogens (tertiary/aromatic N) is 2. The van der Waals surface area contributed by atoms with Crippen LogP contribution in [0, 0.1) is 5.82 Å². The Morgan fingerprint density at radius 3 is 2.76 bits per heavy atom. The lowest BCUT2D eigenvalue weighted by molar-refractivity contribution is 0.631. The van der Waals surface area contributed by atoms with Gasteiger partial charge in [-0.05, 0) is 42.5 Å². The normalized spacial score (nSPS) is 14.3. The fraction of sp³-hybridized carbons (Fsp3) is 0.176. The smallest absolute Gasteiger partial charge is 0.132 e. The van der Waals surface area contributed by atoms with Gasteiger partial charge in [0.1, 0.15) is 10.8 Å². The number of hydrogen-bond acceptors (Lipinski definition) is 3. The summed E-state index contributed by atoms with van der Waals surface area (Å²) >= 11 is 1.55. The van der Waals surface area contributed by atoms with E-state index in [1.807, 2.05) is 23.8 Å². The Morgan fingerprint density at radius 2 is 1.95 bits per heavy atom. The molecule has 4 heteroatoms. The second kappa shape index (κ2) is 5.04. The highest BCUT2D eigenvalue weighted by Gasteiger charge is 2.27. The summed E-state index contributed by atoms with van der Waals surface area (Å²) < 4.78 is 13.9. The molecule has 0 N–H and O–H groups in total. The zero-order chi connectivity index (χ0) is 14.2. The maximum absolute atomic E-state index is 13.9. The topological polar surface area (TPSA) is 25.8 Å². The molecule has 0 atom stereocenters. The summed E-state index contributed by atoms with van der Waals surface area (Å²) in [6.07, 6.45) is 6.19. The van der Waals surface area contributed by atoms with Gasteiger partial charge < -0.3 is 0 Å². The van der Waals surface area contributed by atoms with Crippen LogP contribution in [-0.2, 0) is 0 Å². The van der Waals surface area contributed by atoms with Gasteiger partial charge in [0, 0.05) is 28.9 Å². The first-order chi connectivity index (χ1) is 10.3. The molecule has 0 aliphatic heterocycles. The summed E-state index contributed by atoms with van der Waals surface area (Å²) in [4.78, 5) is 8.84. The first-order valence-electron chi connectivity index (χ1n) is 6.97. The minimum atomic E-state index is -0.233. The van der Waals surface area contributed by atoms with E-state index in [0.29, 0.717) is 17.2 Å². The third-order valence-electron chi connectivity index (χ3n) is 3.76. The molecule has 0 bridgehead atoms. The highest BCUT2D eigenvalue weighted by Crippen LogP contribution is 2.44. The summed E-state index contributed by atoms with van der Waals surface area (Å²) in [5.74, 6) is 0.409. The van der Waals surface area contributed by atoms with Crippen LogP contribution in [0.4, 0.5) is 4.39 Å². The van der Waals surface area contributed by atoms with Crippen molar-refractivity contribution in [1.29, 1.82) is 0 Å². The molecule has 1 aromatic carbocycles. The van der Waals surface area contributed by atoms with Gasteiger partial charge in [-0.15, -0.1) is 11.3 Å². The highest BCUT2D eigenvalue weighted by molar-refractivity contribution is 7.13. The molecule has 2 aromatic heterocycles. The van der Waals surface area contributed by atoms with Gasteiger partial charge in [-0.25, -0.2) is 9.37 Å². The summed E-state index contributed by atoms with van der Waals surface area (Å²) in [5.41, 5.74) is 3.66. The Labute approximate surface area is 126 Å². The Kier molecular flexibility index (Phi) is 3.04. The monoisotopic (exact) mass is 296 g/mol. The number of pyridine rings is 1. The van der Waals surface area contributed by atoms with E-state index < -0.39 is 0 Å². The number of hydrogen-bond donors (Lipinski definition) is 0. The van der Waals surface area contributed by atoms with Gasteiger partial charge in [0.05, 0.1) is 5.69 Å². The Morgan fingerprint density at radius 1 is 1.10 bits per heavy atom. The zero-order valence-corrected chi connectivity index (χ0v) is 12.1. The molecule has 0 radical (unpaired) electrons. The van der Waals surface area contributed by atoms with Crippen molar-refractivity contribution in [2.45, 2.75) is 18.8 Å². The lowest BCUT2D eigenvalue weighted by Crippen LogP contribution is -1.89. The van der Waals surface area contributed by atoms with Gasteiger partial charge in [-0.3, -0.25) is 4.98 Å². The molecular formula is C17H13FN2S. The van der Waals surface area contributed by atoms with E-state index in [1.54, 1.807) is 23.5 Å². The van der Waals surface area contributed by atoms with Crippen molar-refractivity contribution in [2.75, 3.05) is 0 Å². The standard InChI is InChI=1S/C17H13FN2S/c18-15-4-2-1-3-13(15)16-10-21-17(20-16)14-9-19-8-7-12(14)11-5-6-11/h1-4,7-11H,5-6H2. The molecule has 0 saturated heterocycles. The molecule has 104 valence electrons. The SMILES string of the molecule is Fc1ccccc1-c1csc(-c2cnccc2C2CC2)n1. The Bertz CT molecular complexity index is 793. The van der Waals surface area contributed by atoms with Crippen LogP contribution in [0.3, 0.4) is 0 Å². The van der Waals surface area contributed by atoms with Crippen molar-refractivity contribution >= 4 is 11.3 Å². The molecule has 3 aromatic rings. The summed E-state index contributed by atoms with van der Waals surface area (Å²) in [6, 6.07) is 8.83. The van der Waals surface area contributed by atoms with E-state index in [2.05, 4.69) is 16.0 Å². The second-order valence-corrected chi connectivity index (χ2v) is 6.11. The molecule has 0 amide bonds. The fourth-order valence-electron chi connectivity index (χ4n) is 2.52. The van der Waals surface area contributed by atoms with Gasteiger partial charge in [-0.2, -0.15) is 0 Å². The number of rotatable bonds is 3. The molecule has 1 aliphatic carbocycles. The minimum absolute atomic E-state index is 0.233. The molecule has 4 rings (SSSR count). The molecule has 1 aliphatic rings. The molecule has 2 heterocycles. The number of aromatic nitrogens is 2. The highest BCUT2D eigenvalue weighted by atomic mass is 32.1. The third kappa shape index (κ3) is 2.36. The maximum atomic E-state index is 13.9. The van der Waals surface area contributed by atoms with E-state index in [1.165, 1.54) is 24.5 Å². The Balaban J connectivity index is 1.77. The minimum Gasteiger partial charge on any atom is -0.264 e. The average molecular weight is 296 g/mol. The van der Waals surface area contributed by atoms with Crippen LogP contribution >= 0.6 is 11.3 Å². The van der Waals surface area contributed by atoms with Gasteiger partial charge >= 0.3 is 0 Å². The molecule has 21 heavy (non-hydrogen) atoms. The van der Waals surface area contributed by atoms with Crippen molar-refractivity contribution in [3.05, 3.63) is 59.5 Å². The van der Waals surface area contributed by atoms with E-state index in [4.69, 9.17) is 0 Å². The van der Waals surface area contributed by atoms with Crippen LogP contribution in [0.1, 0.15) is 24.3 Å². The van der Waals surface area contributed by atoms with Crippen LogP contribution in [0.2, 0.25) is 0 Å². The quantitative estimate of drug-likeness (QED) is 0.688. The lowest BCUT2D eigenvalue weighted by Gasteiger charge is -2.04. The van der Waals surface area contributed by atoms with Crippen LogP contribution in [0.5, 0.6) is 0 Å². The predicted octanol–water partition coefficient (Wildman–Crippen LogP) is 4.89. The predicted molar refractivity (Wildman–Crippen MR) is 82.7 cm³/mol. The van der Waals surface area contributed by atoms with Crippen molar-refractivity contribution in [3.63, 3.8) is 0 Å². The molecule has 0 spiro atoms. The fourth-order valence-corrected chi connectivity index (χ4v) is 3.38. The molecule has 2 nitrogen and oxygen atoms in total. The average Bonchev–Trinajstić information content (AvgIpc) is 3.25. The van der Waals surface area contributed by atoms with Gasteiger partial charge in [0.25, 0.3) is 0 Å². The van der Waals surface area contributed by atoms with Crippen molar-refractivity contribution in [2.24, 2.45) is 0 Å². The van der Waals surface area contributed by atoms with Crippen molar-refractivity contribution in [1.82, 2.24) is 9.97 Å². The molecule has 1 fully saturated rings. The zero-order valence-electron chi connectivity index (χ0n) is 11.3. The summed E-state index contributed by atoms with van der Waals surface area (Å²) in [7, 11) is 0. The van der Waals surface area contributed by atoms with Gasteiger partial charge in [0.2, 0.25) is 0 Å². The van der Waals surface area contributed by atoms with E-state index >= 15 is 0 Å². The molecule has 1 saturated carbocycles. The molecular weight excluding hydrogens is 283 g/mol. The first-order valence-corrected chi connectivity index (χ1v) is 7.85. The van der Waals surface area contributed by atoms with Crippen LogP contribution in [0.15, 0.2) is 48.1 Å². The summed E-state index contributed by atoms with van der Waals surface area (Å²) in [6.45, 7) is 0. The lowest BCUT2D eigenvalue weighted by atomic mass is 10.1. The van der Waals surface area contributed by atoms with Crippen LogP contribution in [-0.4, -0.2) is 9.97 Å². The van der Waals surface area contributed by atoms with E-state index in [-0.39, 0.29) is 5.82 Å². The third-order valence-corrected chi connectivity index (χ3v) is 4.63.